The van der Waals surface area contributed by atoms with Gasteiger partial charge in [-0.05, 0) is 12.5 Å². The minimum Gasteiger partial charge on any atom is -0.365 e. The average molecular weight is 304 g/mol. The van der Waals surface area contributed by atoms with E-state index in [0.29, 0.717) is 25.3 Å². The summed E-state index contributed by atoms with van der Waals surface area (Å²) in [5, 5.41) is 12.5. The van der Waals surface area contributed by atoms with Gasteiger partial charge in [0.2, 0.25) is 5.65 Å². The molecule has 0 bridgehead atoms. The summed E-state index contributed by atoms with van der Waals surface area (Å²) in [6.45, 7) is 3.79. The zero-order chi connectivity index (χ0) is 15.7. The molecule has 0 radical (unpaired) electrons. The smallest absolute Gasteiger partial charge is 0.253 e. The highest BCUT2D eigenvalue weighted by Crippen LogP contribution is 2.23. The van der Waals surface area contributed by atoms with Gasteiger partial charge in [0.05, 0.1) is 24.5 Å². The SMILES string of the molecule is CCc1cc(N2CCOC(C(=O)N(C)C)C2)c2nncn2n1. The van der Waals surface area contributed by atoms with E-state index in [4.69, 9.17) is 4.74 Å². The van der Waals surface area contributed by atoms with Crippen molar-refractivity contribution < 1.29 is 9.53 Å². The van der Waals surface area contributed by atoms with E-state index < -0.39 is 6.10 Å². The second-order valence-corrected chi connectivity index (χ2v) is 5.51. The van der Waals surface area contributed by atoms with Crippen LogP contribution in [-0.4, -0.2) is 70.5 Å². The Morgan fingerprint density at radius 3 is 3.05 bits per heavy atom. The van der Waals surface area contributed by atoms with Crippen molar-refractivity contribution in [3.8, 4) is 0 Å². The Balaban J connectivity index is 1.93. The molecule has 1 amide bonds. The summed E-state index contributed by atoms with van der Waals surface area (Å²) in [5.74, 6) is -0.0213. The molecule has 8 nitrogen and oxygen atoms in total. The molecule has 0 aromatic carbocycles. The first-order valence-electron chi connectivity index (χ1n) is 7.37. The second-order valence-electron chi connectivity index (χ2n) is 5.51. The first-order valence-corrected chi connectivity index (χ1v) is 7.37. The van der Waals surface area contributed by atoms with Gasteiger partial charge in [0.15, 0.2) is 6.10 Å². The number of morpholine rings is 1. The Morgan fingerprint density at radius 2 is 2.32 bits per heavy atom. The van der Waals surface area contributed by atoms with E-state index in [-0.39, 0.29) is 5.91 Å². The maximum Gasteiger partial charge on any atom is 0.253 e. The van der Waals surface area contributed by atoms with E-state index in [1.165, 1.54) is 0 Å². The van der Waals surface area contributed by atoms with Gasteiger partial charge in [0, 0.05) is 20.6 Å². The second kappa shape index (κ2) is 5.88. The van der Waals surface area contributed by atoms with Crippen molar-refractivity contribution in [1.29, 1.82) is 0 Å². The molecule has 0 N–H and O–H groups in total. The molecular formula is C14H20N6O2. The van der Waals surface area contributed by atoms with Crippen LogP contribution in [0.2, 0.25) is 0 Å². The normalized spacial score (nSPS) is 18.7. The van der Waals surface area contributed by atoms with E-state index in [0.717, 1.165) is 17.8 Å². The number of hydrogen-bond donors (Lipinski definition) is 0. The van der Waals surface area contributed by atoms with Crippen molar-refractivity contribution in [1.82, 2.24) is 24.7 Å². The van der Waals surface area contributed by atoms with E-state index in [9.17, 15) is 4.79 Å². The Kier molecular flexibility index (Phi) is 3.93. The number of likely N-dealkylation sites (N-methyl/N-ethyl adjacent to an activating group) is 1. The third kappa shape index (κ3) is 2.61. The Hall–Kier alpha value is -2.22. The molecule has 0 saturated carbocycles. The molecule has 1 fully saturated rings. The first-order chi connectivity index (χ1) is 10.6. The number of nitrogens with zero attached hydrogens (tertiary/aromatic N) is 6. The highest BCUT2D eigenvalue weighted by molar-refractivity contribution is 5.82. The van der Waals surface area contributed by atoms with Crippen molar-refractivity contribution in [3.05, 3.63) is 18.1 Å². The Bertz CT molecular complexity index is 683. The number of amides is 1. The third-order valence-electron chi connectivity index (χ3n) is 3.78. The molecule has 1 aliphatic rings. The van der Waals surface area contributed by atoms with Gasteiger partial charge >= 0.3 is 0 Å². The summed E-state index contributed by atoms with van der Waals surface area (Å²) in [4.78, 5) is 15.8. The molecule has 1 aliphatic heterocycles. The fraction of sp³-hybridized carbons (Fsp3) is 0.571. The summed E-state index contributed by atoms with van der Waals surface area (Å²) in [7, 11) is 3.48. The standard InChI is InChI=1S/C14H20N6O2/c1-4-10-7-11(13-16-15-9-20(13)17-10)19-5-6-22-12(8-19)14(21)18(2)3/h7,9,12H,4-6,8H2,1-3H3. The van der Waals surface area contributed by atoms with Crippen molar-refractivity contribution in [3.63, 3.8) is 0 Å². The monoisotopic (exact) mass is 304 g/mol. The van der Waals surface area contributed by atoms with Crippen LogP contribution in [0.5, 0.6) is 0 Å². The van der Waals surface area contributed by atoms with Crippen LogP contribution < -0.4 is 4.90 Å². The zero-order valence-electron chi connectivity index (χ0n) is 13.1. The quantitative estimate of drug-likeness (QED) is 0.793. The van der Waals surface area contributed by atoms with Gasteiger partial charge in [-0.15, -0.1) is 10.2 Å². The van der Waals surface area contributed by atoms with Crippen LogP contribution in [0.3, 0.4) is 0 Å². The van der Waals surface area contributed by atoms with Crippen LogP contribution >= 0.6 is 0 Å². The van der Waals surface area contributed by atoms with Crippen LogP contribution in [0, 0.1) is 0 Å². The number of hydrogen-bond acceptors (Lipinski definition) is 6. The molecule has 1 unspecified atom stereocenters. The number of carbonyl (C=O) groups excluding carboxylic acids is 1. The molecule has 2 aromatic rings. The number of anilines is 1. The summed E-state index contributed by atoms with van der Waals surface area (Å²) in [6, 6.07) is 2.02. The van der Waals surface area contributed by atoms with Gasteiger partial charge in [-0.1, -0.05) is 6.92 Å². The van der Waals surface area contributed by atoms with E-state index in [2.05, 4.69) is 27.1 Å². The summed E-state index contributed by atoms with van der Waals surface area (Å²) in [5.41, 5.74) is 2.61. The van der Waals surface area contributed by atoms with Gasteiger partial charge in [-0.25, -0.2) is 0 Å². The minimum absolute atomic E-state index is 0.0213. The van der Waals surface area contributed by atoms with Crippen LogP contribution in [0.25, 0.3) is 5.65 Å². The van der Waals surface area contributed by atoms with E-state index >= 15 is 0 Å². The Morgan fingerprint density at radius 1 is 1.50 bits per heavy atom. The Labute approximate surface area is 128 Å². The summed E-state index contributed by atoms with van der Waals surface area (Å²) < 4.78 is 7.30. The van der Waals surface area contributed by atoms with Crippen LogP contribution in [0.4, 0.5) is 5.69 Å². The molecular weight excluding hydrogens is 284 g/mol. The zero-order valence-corrected chi connectivity index (χ0v) is 13.1. The molecule has 118 valence electrons. The van der Waals surface area contributed by atoms with Gasteiger partial charge < -0.3 is 14.5 Å². The number of rotatable bonds is 3. The molecule has 0 aliphatic carbocycles. The van der Waals surface area contributed by atoms with Crippen LogP contribution in [0.1, 0.15) is 12.6 Å². The van der Waals surface area contributed by atoms with Crippen molar-refractivity contribution in [2.24, 2.45) is 0 Å². The van der Waals surface area contributed by atoms with E-state index in [1.54, 1.807) is 29.8 Å². The first kappa shape index (κ1) is 14.7. The lowest BCUT2D eigenvalue weighted by atomic mass is 10.2. The molecule has 8 heteroatoms. The lowest BCUT2D eigenvalue weighted by Gasteiger charge is -2.34. The predicted molar refractivity (Wildman–Crippen MR) is 80.8 cm³/mol. The average Bonchev–Trinajstić information content (AvgIpc) is 3.01. The minimum atomic E-state index is -0.454. The van der Waals surface area contributed by atoms with E-state index in [1.807, 2.05) is 6.07 Å². The number of aromatic nitrogens is 4. The van der Waals surface area contributed by atoms with Crippen LogP contribution in [0.15, 0.2) is 12.4 Å². The van der Waals surface area contributed by atoms with Crippen molar-refractivity contribution in [2.45, 2.75) is 19.4 Å². The molecule has 22 heavy (non-hydrogen) atoms. The molecule has 2 aromatic heterocycles. The lowest BCUT2D eigenvalue weighted by molar-refractivity contribution is -0.141. The fourth-order valence-electron chi connectivity index (χ4n) is 2.57. The topological polar surface area (TPSA) is 75.9 Å². The van der Waals surface area contributed by atoms with Crippen molar-refractivity contribution in [2.75, 3.05) is 38.7 Å². The van der Waals surface area contributed by atoms with Gasteiger partial charge in [-0.3, -0.25) is 4.79 Å². The van der Waals surface area contributed by atoms with Gasteiger partial charge in [0.25, 0.3) is 5.91 Å². The molecule has 3 rings (SSSR count). The van der Waals surface area contributed by atoms with Crippen molar-refractivity contribution >= 4 is 17.2 Å². The number of ether oxygens (including phenoxy) is 1. The highest BCUT2D eigenvalue weighted by atomic mass is 16.5. The lowest BCUT2D eigenvalue weighted by Crippen LogP contribution is -2.49. The third-order valence-corrected chi connectivity index (χ3v) is 3.78. The highest BCUT2D eigenvalue weighted by Gasteiger charge is 2.29. The largest absolute Gasteiger partial charge is 0.365 e. The number of fused-ring (bicyclic) bond motifs is 1. The van der Waals surface area contributed by atoms with Gasteiger partial charge in [-0.2, -0.15) is 9.61 Å². The fourth-order valence-corrected chi connectivity index (χ4v) is 2.57. The molecule has 0 spiro atoms. The summed E-state index contributed by atoms with van der Waals surface area (Å²) >= 11 is 0. The molecule has 1 atom stereocenters. The van der Waals surface area contributed by atoms with Gasteiger partial charge in [0.1, 0.15) is 6.33 Å². The molecule has 1 saturated heterocycles. The number of carbonyl (C=O) groups is 1. The van der Waals surface area contributed by atoms with Crippen LogP contribution in [-0.2, 0) is 16.0 Å². The molecule has 3 heterocycles. The number of aryl methyl sites for hydroxylation is 1. The maximum absolute atomic E-state index is 12.1. The predicted octanol–water partition coefficient (Wildman–Crippen LogP) is -0.0199. The maximum atomic E-state index is 12.1. The summed E-state index contributed by atoms with van der Waals surface area (Å²) in [6.07, 6.45) is 1.97.